The molecule has 1 aliphatic carbocycles. The number of aliphatic hydroxyl groups excluding tert-OH is 1. The van der Waals surface area contributed by atoms with Gasteiger partial charge in [-0.15, -0.1) is 11.3 Å². The van der Waals surface area contributed by atoms with E-state index in [1.807, 2.05) is 11.3 Å². The monoisotopic (exact) mass is 224 g/mol. The molecule has 1 aromatic heterocycles. The summed E-state index contributed by atoms with van der Waals surface area (Å²) < 4.78 is 5.32. The van der Waals surface area contributed by atoms with Crippen LogP contribution in [0.5, 0.6) is 0 Å². The van der Waals surface area contributed by atoms with E-state index in [-0.39, 0.29) is 6.10 Å². The minimum absolute atomic E-state index is 0.289. The Labute approximate surface area is 93.9 Å². The minimum atomic E-state index is -0.289. The van der Waals surface area contributed by atoms with Crippen molar-refractivity contribution in [2.45, 2.75) is 31.8 Å². The van der Waals surface area contributed by atoms with Crippen molar-refractivity contribution >= 4 is 11.3 Å². The third-order valence-electron chi connectivity index (χ3n) is 3.47. The molecule has 2 unspecified atom stereocenters. The number of ether oxygens (including phenoxy) is 1. The molecule has 0 saturated carbocycles. The molecule has 1 fully saturated rings. The van der Waals surface area contributed by atoms with Gasteiger partial charge in [0.25, 0.3) is 0 Å². The van der Waals surface area contributed by atoms with Gasteiger partial charge in [-0.1, -0.05) is 0 Å². The molecule has 0 bridgehead atoms. The zero-order valence-corrected chi connectivity index (χ0v) is 9.55. The predicted molar refractivity (Wildman–Crippen MR) is 60.2 cm³/mol. The van der Waals surface area contributed by atoms with Crippen LogP contribution < -0.4 is 0 Å². The average molecular weight is 224 g/mol. The van der Waals surface area contributed by atoms with Crippen molar-refractivity contribution in [2.24, 2.45) is 5.92 Å². The van der Waals surface area contributed by atoms with Gasteiger partial charge in [0.15, 0.2) is 0 Å². The van der Waals surface area contributed by atoms with Crippen LogP contribution in [0.4, 0.5) is 0 Å². The zero-order chi connectivity index (χ0) is 10.3. The quantitative estimate of drug-likeness (QED) is 0.835. The molecule has 1 saturated heterocycles. The van der Waals surface area contributed by atoms with Gasteiger partial charge >= 0.3 is 0 Å². The van der Waals surface area contributed by atoms with Gasteiger partial charge in [0, 0.05) is 22.3 Å². The zero-order valence-electron chi connectivity index (χ0n) is 8.74. The highest BCUT2D eigenvalue weighted by atomic mass is 32.1. The lowest BCUT2D eigenvalue weighted by Gasteiger charge is -2.14. The summed E-state index contributed by atoms with van der Waals surface area (Å²) in [5.41, 5.74) is 1.48. The predicted octanol–water partition coefficient (Wildman–Crippen LogP) is 2.31. The Morgan fingerprint density at radius 1 is 1.47 bits per heavy atom. The van der Waals surface area contributed by atoms with E-state index < -0.39 is 0 Å². The molecule has 3 heteroatoms. The number of fused-ring (bicyclic) bond motifs is 1. The lowest BCUT2D eigenvalue weighted by atomic mass is 10.0. The number of aliphatic hydroxyl groups is 1. The van der Waals surface area contributed by atoms with Crippen LogP contribution in [-0.4, -0.2) is 18.3 Å². The maximum absolute atomic E-state index is 10.2. The van der Waals surface area contributed by atoms with Crippen molar-refractivity contribution in [3.05, 3.63) is 21.4 Å². The van der Waals surface area contributed by atoms with Crippen molar-refractivity contribution in [3.8, 4) is 0 Å². The standard InChI is InChI=1S/C12H16O2S/c13-12(9-4-5-14-7-9)11-6-8-2-1-3-10(8)15-11/h6,9,12-13H,1-5,7H2. The number of aryl methyl sites for hydroxylation is 2. The maximum atomic E-state index is 10.2. The molecule has 82 valence electrons. The van der Waals surface area contributed by atoms with Crippen molar-refractivity contribution in [1.29, 1.82) is 0 Å². The summed E-state index contributed by atoms with van der Waals surface area (Å²) in [6.07, 6.45) is 4.43. The smallest absolute Gasteiger partial charge is 0.0933 e. The lowest BCUT2D eigenvalue weighted by Crippen LogP contribution is -2.11. The molecule has 2 heterocycles. The highest BCUT2D eigenvalue weighted by molar-refractivity contribution is 7.12. The van der Waals surface area contributed by atoms with Gasteiger partial charge in [-0.25, -0.2) is 0 Å². The highest BCUT2D eigenvalue weighted by Crippen LogP contribution is 2.37. The Kier molecular flexibility index (Phi) is 2.54. The van der Waals surface area contributed by atoms with E-state index in [4.69, 9.17) is 4.74 Å². The Balaban J connectivity index is 1.79. The third-order valence-corrected chi connectivity index (χ3v) is 4.78. The van der Waals surface area contributed by atoms with Crippen LogP contribution in [0.25, 0.3) is 0 Å². The number of thiophene rings is 1. The maximum Gasteiger partial charge on any atom is 0.0933 e. The molecule has 0 spiro atoms. The number of hydrogen-bond donors (Lipinski definition) is 1. The molecule has 1 aliphatic heterocycles. The molecule has 2 nitrogen and oxygen atoms in total. The normalized spacial score (nSPS) is 26.9. The third kappa shape index (κ3) is 1.73. The Morgan fingerprint density at radius 2 is 2.40 bits per heavy atom. The average Bonchev–Trinajstić information content (AvgIpc) is 2.92. The summed E-state index contributed by atoms with van der Waals surface area (Å²) in [7, 11) is 0. The largest absolute Gasteiger partial charge is 0.387 e. The first kappa shape index (κ1) is 9.82. The van der Waals surface area contributed by atoms with Gasteiger partial charge < -0.3 is 9.84 Å². The fourth-order valence-electron chi connectivity index (χ4n) is 2.53. The van der Waals surface area contributed by atoms with Crippen LogP contribution in [0.3, 0.4) is 0 Å². The van der Waals surface area contributed by atoms with Gasteiger partial charge in [0.1, 0.15) is 0 Å². The number of rotatable bonds is 2. The van der Waals surface area contributed by atoms with E-state index in [1.165, 1.54) is 29.7 Å². The fourth-order valence-corrected chi connectivity index (χ4v) is 3.87. The van der Waals surface area contributed by atoms with Gasteiger partial charge in [0.2, 0.25) is 0 Å². The summed E-state index contributed by atoms with van der Waals surface area (Å²) in [6, 6.07) is 2.22. The summed E-state index contributed by atoms with van der Waals surface area (Å²) in [6.45, 7) is 1.54. The van der Waals surface area contributed by atoms with Crippen molar-refractivity contribution in [3.63, 3.8) is 0 Å². The second kappa shape index (κ2) is 3.89. The van der Waals surface area contributed by atoms with E-state index in [0.717, 1.165) is 24.5 Å². The summed E-state index contributed by atoms with van der Waals surface area (Å²) in [4.78, 5) is 2.66. The molecule has 0 amide bonds. The molecule has 0 radical (unpaired) electrons. The fraction of sp³-hybridized carbons (Fsp3) is 0.667. The molecular weight excluding hydrogens is 208 g/mol. The van der Waals surface area contributed by atoms with Crippen LogP contribution in [0, 0.1) is 5.92 Å². The Bertz CT molecular complexity index is 331. The van der Waals surface area contributed by atoms with Crippen LogP contribution in [0.1, 0.15) is 34.3 Å². The van der Waals surface area contributed by atoms with Gasteiger partial charge in [-0.05, 0) is 37.3 Å². The van der Waals surface area contributed by atoms with E-state index in [1.54, 1.807) is 0 Å². The van der Waals surface area contributed by atoms with E-state index in [0.29, 0.717) is 5.92 Å². The topological polar surface area (TPSA) is 29.5 Å². The summed E-state index contributed by atoms with van der Waals surface area (Å²) >= 11 is 1.81. The van der Waals surface area contributed by atoms with Gasteiger partial charge in [-0.2, -0.15) is 0 Å². The molecule has 0 aromatic carbocycles. The van der Waals surface area contributed by atoms with Crippen LogP contribution in [0.15, 0.2) is 6.07 Å². The number of hydrogen-bond acceptors (Lipinski definition) is 3. The van der Waals surface area contributed by atoms with Crippen LogP contribution in [0.2, 0.25) is 0 Å². The van der Waals surface area contributed by atoms with Gasteiger partial charge in [-0.3, -0.25) is 0 Å². The van der Waals surface area contributed by atoms with E-state index in [9.17, 15) is 5.11 Å². The summed E-state index contributed by atoms with van der Waals surface area (Å²) in [5.74, 6) is 0.323. The highest BCUT2D eigenvalue weighted by Gasteiger charge is 2.28. The molecule has 1 N–H and O–H groups in total. The van der Waals surface area contributed by atoms with Crippen molar-refractivity contribution < 1.29 is 9.84 Å². The molecule has 3 rings (SSSR count). The van der Waals surface area contributed by atoms with Crippen LogP contribution >= 0.6 is 11.3 Å². The first-order valence-corrected chi connectivity index (χ1v) is 6.53. The lowest BCUT2D eigenvalue weighted by molar-refractivity contribution is 0.0944. The first-order chi connectivity index (χ1) is 7.34. The van der Waals surface area contributed by atoms with E-state index >= 15 is 0 Å². The second-order valence-electron chi connectivity index (χ2n) is 4.52. The Hall–Kier alpha value is -0.380. The van der Waals surface area contributed by atoms with E-state index in [2.05, 4.69) is 6.07 Å². The van der Waals surface area contributed by atoms with Crippen molar-refractivity contribution in [1.82, 2.24) is 0 Å². The SMILES string of the molecule is OC(c1cc2c(s1)CCC2)C1CCOC1. The summed E-state index contributed by atoms with van der Waals surface area (Å²) in [5, 5.41) is 10.2. The van der Waals surface area contributed by atoms with Gasteiger partial charge in [0.05, 0.1) is 12.7 Å². The van der Waals surface area contributed by atoms with Crippen molar-refractivity contribution in [2.75, 3.05) is 13.2 Å². The molecule has 1 aromatic rings. The first-order valence-electron chi connectivity index (χ1n) is 5.72. The molecular formula is C12H16O2S. The van der Waals surface area contributed by atoms with Crippen LogP contribution in [-0.2, 0) is 17.6 Å². The second-order valence-corrected chi connectivity index (χ2v) is 5.69. The molecule has 2 atom stereocenters. The Morgan fingerprint density at radius 3 is 3.13 bits per heavy atom. The minimum Gasteiger partial charge on any atom is -0.387 e. The molecule has 2 aliphatic rings. The molecule has 15 heavy (non-hydrogen) atoms.